The molecular weight excluding hydrogens is 269 g/mol. The van der Waals surface area contributed by atoms with Crippen LogP contribution < -0.4 is 9.64 Å². The molecule has 0 saturated carbocycles. The zero-order chi connectivity index (χ0) is 14.7. The molecule has 2 aromatic rings. The fraction of sp³-hybridized carbons (Fsp3) is 0.294. The van der Waals surface area contributed by atoms with Gasteiger partial charge in [-0.25, -0.2) is 4.39 Å². The molecule has 0 aliphatic carbocycles. The molecule has 0 amide bonds. The highest BCUT2D eigenvalue weighted by Gasteiger charge is 2.20. The SMILES string of the molecule is OC(COc1ccc(F)cc1)CN1CCc2ccccc21. The lowest BCUT2D eigenvalue weighted by Gasteiger charge is -2.23. The van der Waals surface area contributed by atoms with Crippen molar-refractivity contribution in [2.75, 3.05) is 24.6 Å². The van der Waals surface area contributed by atoms with Gasteiger partial charge in [-0.15, -0.1) is 0 Å². The van der Waals surface area contributed by atoms with Gasteiger partial charge in [0.1, 0.15) is 24.3 Å². The van der Waals surface area contributed by atoms with Crippen molar-refractivity contribution in [3.63, 3.8) is 0 Å². The predicted molar refractivity (Wildman–Crippen MR) is 80.3 cm³/mol. The van der Waals surface area contributed by atoms with E-state index < -0.39 is 6.10 Å². The van der Waals surface area contributed by atoms with Crippen molar-refractivity contribution < 1.29 is 14.2 Å². The number of nitrogens with zero attached hydrogens (tertiary/aromatic N) is 1. The summed E-state index contributed by atoms with van der Waals surface area (Å²) < 4.78 is 18.3. The monoisotopic (exact) mass is 287 g/mol. The number of para-hydroxylation sites is 1. The summed E-state index contributed by atoms with van der Waals surface area (Å²) in [6.45, 7) is 1.66. The van der Waals surface area contributed by atoms with Gasteiger partial charge in [0.05, 0.1) is 0 Å². The molecule has 1 heterocycles. The van der Waals surface area contributed by atoms with E-state index in [2.05, 4.69) is 17.0 Å². The van der Waals surface area contributed by atoms with Crippen molar-refractivity contribution in [1.82, 2.24) is 0 Å². The van der Waals surface area contributed by atoms with Crippen LogP contribution in [-0.2, 0) is 6.42 Å². The Morgan fingerprint density at radius 3 is 2.71 bits per heavy atom. The Balaban J connectivity index is 1.53. The highest BCUT2D eigenvalue weighted by atomic mass is 19.1. The van der Waals surface area contributed by atoms with Crippen molar-refractivity contribution >= 4 is 5.69 Å². The van der Waals surface area contributed by atoms with Gasteiger partial charge in [-0.05, 0) is 42.3 Å². The number of hydrogen-bond acceptors (Lipinski definition) is 3. The van der Waals surface area contributed by atoms with Gasteiger partial charge in [0.2, 0.25) is 0 Å². The van der Waals surface area contributed by atoms with E-state index in [1.165, 1.54) is 23.4 Å². The van der Waals surface area contributed by atoms with Crippen LogP contribution in [0.5, 0.6) is 5.75 Å². The highest BCUT2D eigenvalue weighted by molar-refractivity contribution is 5.57. The standard InChI is InChI=1S/C17H18FNO2/c18-14-5-7-16(8-6-14)21-12-15(20)11-19-10-9-13-3-1-2-4-17(13)19/h1-8,15,20H,9-12H2. The maximum Gasteiger partial charge on any atom is 0.123 e. The largest absolute Gasteiger partial charge is 0.491 e. The second-order valence-electron chi connectivity index (χ2n) is 5.24. The van der Waals surface area contributed by atoms with Crippen molar-refractivity contribution in [3.05, 3.63) is 59.9 Å². The molecular formula is C17H18FNO2. The molecule has 0 aromatic heterocycles. The third kappa shape index (κ3) is 3.34. The molecule has 0 radical (unpaired) electrons. The minimum absolute atomic E-state index is 0.199. The van der Waals surface area contributed by atoms with Crippen LogP contribution in [0.2, 0.25) is 0 Å². The molecule has 3 nitrogen and oxygen atoms in total. The number of halogens is 1. The first-order valence-electron chi connectivity index (χ1n) is 7.11. The molecule has 0 bridgehead atoms. The number of fused-ring (bicyclic) bond motifs is 1. The van der Waals surface area contributed by atoms with Gasteiger partial charge in [0.15, 0.2) is 0 Å². The highest BCUT2D eigenvalue weighted by Crippen LogP contribution is 2.27. The third-order valence-electron chi connectivity index (χ3n) is 3.67. The Hall–Kier alpha value is -2.07. The number of aliphatic hydroxyl groups is 1. The van der Waals surface area contributed by atoms with Gasteiger partial charge < -0.3 is 14.7 Å². The lowest BCUT2D eigenvalue weighted by Crippen LogP contribution is -2.34. The van der Waals surface area contributed by atoms with Gasteiger partial charge >= 0.3 is 0 Å². The lowest BCUT2D eigenvalue weighted by molar-refractivity contribution is 0.112. The van der Waals surface area contributed by atoms with Crippen molar-refractivity contribution in [2.45, 2.75) is 12.5 Å². The molecule has 1 aliphatic heterocycles. The molecule has 110 valence electrons. The first-order chi connectivity index (χ1) is 10.2. The topological polar surface area (TPSA) is 32.7 Å². The molecule has 4 heteroatoms. The van der Waals surface area contributed by atoms with Crippen LogP contribution in [0.25, 0.3) is 0 Å². The minimum Gasteiger partial charge on any atom is -0.491 e. The summed E-state index contributed by atoms with van der Waals surface area (Å²) in [5.74, 6) is 0.272. The van der Waals surface area contributed by atoms with E-state index in [1.54, 1.807) is 12.1 Å². The van der Waals surface area contributed by atoms with Gasteiger partial charge in [-0.3, -0.25) is 0 Å². The number of rotatable bonds is 5. The van der Waals surface area contributed by atoms with E-state index >= 15 is 0 Å². The summed E-state index contributed by atoms with van der Waals surface area (Å²) in [6.07, 6.45) is 0.433. The molecule has 2 aromatic carbocycles. The maximum atomic E-state index is 12.8. The fourth-order valence-electron chi connectivity index (χ4n) is 2.63. The summed E-state index contributed by atoms with van der Waals surface area (Å²) in [5.41, 5.74) is 2.52. The predicted octanol–water partition coefficient (Wildman–Crippen LogP) is 2.63. The number of benzene rings is 2. The number of ether oxygens (including phenoxy) is 1. The summed E-state index contributed by atoms with van der Waals surface area (Å²) in [7, 11) is 0. The fourth-order valence-corrected chi connectivity index (χ4v) is 2.63. The zero-order valence-corrected chi connectivity index (χ0v) is 11.7. The van der Waals surface area contributed by atoms with Gasteiger partial charge in [-0.2, -0.15) is 0 Å². The summed E-state index contributed by atoms with van der Waals surface area (Å²) in [6, 6.07) is 14.1. The number of aliphatic hydroxyl groups excluding tert-OH is 1. The van der Waals surface area contributed by atoms with Gasteiger partial charge in [0.25, 0.3) is 0 Å². The first kappa shape index (κ1) is 13.9. The molecule has 0 spiro atoms. The van der Waals surface area contributed by atoms with Crippen molar-refractivity contribution in [2.24, 2.45) is 0 Å². The second kappa shape index (κ2) is 6.14. The Labute approximate surface area is 123 Å². The van der Waals surface area contributed by atoms with Crippen molar-refractivity contribution in [1.29, 1.82) is 0 Å². The quantitative estimate of drug-likeness (QED) is 0.917. The zero-order valence-electron chi connectivity index (χ0n) is 11.7. The van der Waals surface area contributed by atoms with Crippen LogP contribution in [-0.4, -0.2) is 30.9 Å². The summed E-state index contributed by atoms with van der Waals surface area (Å²) in [5, 5.41) is 10.1. The van der Waals surface area contributed by atoms with Gasteiger partial charge in [-0.1, -0.05) is 18.2 Å². The average molecular weight is 287 g/mol. The molecule has 3 rings (SSSR count). The molecule has 0 saturated heterocycles. The first-order valence-corrected chi connectivity index (χ1v) is 7.11. The summed E-state index contributed by atoms with van der Waals surface area (Å²) in [4.78, 5) is 2.17. The normalized spacial score (nSPS) is 14.9. The van der Waals surface area contributed by atoms with Crippen LogP contribution in [0.1, 0.15) is 5.56 Å². The van der Waals surface area contributed by atoms with E-state index in [0.29, 0.717) is 12.3 Å². The van der Waals surface area contributed by atoms with Gasteiger partial charge in [0, 0.05) is 18.8 Å². The maximum absolute atomic E-state index is 12.8. The molecule has 1 N–H and O–H groups in total. The number of hydrogen-bond donors (Lipinski definition) is 1. The summed E-state index contributed by atoms with van der Waals surface area (Å²) >= 11 is 0. The number of β-amino-alcohol motifs (C(OH)–C–C–N with tert-alkyl or cyclic N) is 1. The Morgan fingerprint density at radius 1 is 1.14 bits per heavy atom. The third-order valence-corrected chi connectivity index (χ3v) is 3.67. The average Bonchev–Trinajstić information content (AvgIpc) is 2.90. The van der Waals surface area contributed by atoms with Crippen LogP contribution >= 0.6 is 0 Å². The van der Waals surface area contributed by atoms with E-state index in [1.807, 2.05) is 12.1 Å². The van der Waals surface area contributed by atoms with Crippen LogP contribution in [0.3, 0.4) is 0 Å². The van der Waals surface area contributed by atoms with E-state index in [-0.39, 0.29) is 12.4 Å². The Morgan fingerprint density at radius 2 is 1.90 bits per heavy atom. The van der Waals surface area contributed by atoms with E-state index in [4.69, 9.17) is 4.74 Å². The molecule has 21 heavy (non-hydrogen) atoms. The lowest BCUT2D eigenvalue weighted by atomic mass is 10.2. The van der Waals surface area contributed by atoms with E-state index in [9.17, 15) is 9.50 Å². The van der Waals surface area contributed by atoms with Crippen molar-refractivity contribution in [3.8, 4) is 5.75 Å². The van der Waals surface area contributed by atoms with Crippen LogP contribution in [0.4, 0.5) is 10.1 Å². The smallest absolute Gasteiger partial charge is 0.123 e. The Kier molecular flexibility index (Phi) is 4.06. The van der Waals surface area contributed by atoms with Crippen LogP contribution in [0.15, 0.2) is 48.5 Å². The second-order valence-corrected chi connectivity index (χ2v) is 5.24. The number of anilines is 1. The molecule has 1 atom stereocenters. The van der Waals surface area contributed by atoms with Crippen LogP contribution in [0, 0.1) is 5.82 Å². The molecule has 1 unspecified atom stereocenters. The van der Waals surface area contributed by atoms with E-state index in [0.717, 1.165) is 13.0 Å². The molecule has 0 fully saturated rings. The Bertz CT molecular complexity index is 600. The molecule has 1 aliphatic rings. The minimum atomic E-state index is -0.582.